The first-order valence-electron chi connectivity index (χ1n) is 8.04. The third kappa shape index (κ3) is 3.91. The zero-order valence-electron chi connectivity index (χ0n) is 14.8. The topological polar surface area (TPSA) is 64.7 Å². The van der Waals surface area contributed by atoms with Crippen molar-refractivity contribution in [2.24, 2.45) is 0 Å². The number of carbonyl (C=O) groups excluding carboxylic acids is 1. The lowest BCUT2D eigenvalue weighted by Gasteiger charge is -2.18. The summed E-state index contributed by atoms with van der Waals surface area (Å²) in [6.07, 6.45) is -0.804. The second kappa shape index (κ2) is 7.63. The average Bonchev–Trinajstić information content (AvgIpc) is 3.07. The molecule has 2 aromatic heterocycles. The van der Waals surface area contributed by atoms with Crippen molar-refractivity contribution in [2.75, 3.05) is 0 Å². The van der Waals surface area contributed by atoms with E-state index in [0.29, 0.717) is 5.69 Å². The van der Waals surface area contributed by atoms with Crippen molar-refractivity contribution >= 4 is 21.8 Å². The van der Waals surface area contributed by atoms with Gasteiger partial charge in [0, 0.05) is 18.3 Å². The summed E-state index contributed by atoms with van der Waals surface area (Å²) in [6.45, 7) is 9.76. The van der Waals surface area contributed by atoms with E-state index in [-0.39, 0.29) is 22.1 Å². The van der Waals surface area contributed by atoms with E-state index in [1.54, 1.807) is 18.5 Å². The molecule has 0 saturated carbocycles. The fourth-order valence-corrected chi connectivity index (χ4v) is 3.11. The van der Waals surface area contributed by atoms with Crippen molar-refractivity contribution in [3.8, 4) is 0 Å². The van der Waals surface area contributed by atoms with E-state index in [4.69, 9.17) is 0 Å². The molecular weight excluding hydrogens is 396 g/mol. The number of hydrogen-bond donors (Lipinski definition) is 1. The number of alkyl halides is 2. The van der Waals surface area contributed by atoms with Gasteiger partial charge >= 0.3 is 0 Å². The molecule has 2 rings (SSSR count). The van der Waals surface area contributed by atoms with Gasteiger partial charge < -0.3 is 5.32 Å². The minimum Gasteiger partial charge on any atom is -0.348 e. The Kier molecular flexibility index (Phi) is 5.97. The number of halogens is 3. The summed E-state index contributed by atoms with van der Waals surface area (Å²) in [5.41, 5.74) is 1.90. The number of nitrogens with one attached hydrogen (secondary N) is 1. The molecule has 9 heteroatoms. The molecule has 138 valence electrons. The SMILES string of the molecule is CCn1cc([C@H](C)NC(=O)[C@@H](C)n2nc(C(F)F)c(Br)c2C)c(C)n1. The van der Waals surface area contributed by atoms with Crippen molar-refractivity contribution < 1.29 is 13.6 Å². The molecule has 0 spiro atoms. The van der Waals surface area contributed by atoms with Gasteiger partial charge in [-0.05, 0) is 50.5 Å². The minimum absolute atomic E-state index is 0.232. The lowest BCUT2D eigenvalue weighted by atomic mass is 10.1. The second-order valence-electron chi connectivity index (χ2n) is 5.96. The highest BCUT2D eigenvalue weighted by Gasteiger charge is 2.26. The smallest absolute Gasteiger partial charge is 0.283 e. The average molecular weight is 418 g/mol. The van der Waals surface area contributed by atoms with Crippen LogP contribution in [0.25, 0.3) is 0 Å². The maximum Gasteiger partial charge on any atom is 0.283 e. The zero-order chi connectivity index (χ0) is 18.9. The lowest BCUT2D eigenvalue weighted by Crippen LogP contribution is -2.34. The van der Waals surface area contributed by atoms with Gasteiger partial charge in [-0.15, -0.1) is 0 Å². The summed E-state index contributed by atoms with van der Waals surface area (Å²) >= 11 is 3.12. The predicted molar refractivity (Wildman–Crippen MR) is 93.5 cm³/mol. The molecule has 25 heavy (non-hydrogen) atoms. The minimum atomic E-state index is -2.70. The first-order valence-corrected chi connectivity index (χ1v) is 8.83. The fraction of sp³-hybridized carbons (Fsp3) is 0.562. The molecule has 0 aliphatic carbocycles. The quantitative estimate of drug-likeness (QED) is 0.775. The Morgan fingerprint density at radius 3 is 2.44 bits per heavy atom. The van der Waals surface area contributed by atoms with Crippen LogP contribution in [0.1, 0.15) is 61.9 Å². The van der Waals surface area contributed by atoms with Gasteiger partial charge in [0.25, 0.3) is 6.43 Å². The van der Waals surface area contributed by atoms with Gasteiger partial charge in [-0.1, -0.05) is 0 Å². The van der Waals surface area contributed by atoms with Crippen molar-refractivity contribution in [3.05, 3.63) is 33.3 Å². The van der Waals surface area contributed by atoms with Gasteiger partial charge in [-0.2, -0.15) is 10.2 Å². The Morgan fingerprint density at radius 1 is 1.32 bits per heavy atom. The van der Waals surface area contributed by atoms with E-state index in [2.05, 4.69) is 31.4 Å². The molecule has 0 aliphatic heterocycles. The van der Waals surface area contributed by atoms with Crippen LogP contribution in [-0.4, -0.2) is 25.5 Å². The Morgan fingerprint density at radius 2 is 1.96 bits per heavy atom. The number of rotatable bonds is 6. The zero-order valence-corrected chi connectivity index (χ0v) is 16.4. The van der Waals surface area contributed by atoms with Crippen LogP contribution >= 0.6 is 15.9 Å². The van der Waals surface area contributed by atoms with Crippen molar-refractivity contribution in [1.82, 2.24) is 24.9 Å². The predicted octanol–water partition coefficient (Wildman–Crippen LogP) is 3.85. The number of aryl methyl sites for hydroxylation is 2. The molecule has 0 unspecified atom stereocenters. The van der Waals surface area contributed by atoms with Gasteiger partial charge in [-0.25, -0.2) is 8.78 Å². The van der Waals surface area contributed by atoms with E-state index in [9.17, 15) is 13.6 Å². The Bertz CT molecular complexity index is 771. The maximum atomic E-state index is 13.0. The van der Waals surface area contributed by atoms with Gasteiger partial charge in [0.15, 0.2) is 0 Å². The van der Waals surface area contributed by atoms with E-state index in [1.165, 1.54) is 4.68 Å². The summed E-state index contributed by atoms with van der Waals surface area (Å²) in [7, 11) is 0. The summed E-state index contributed by atoms with van der Waals surface area (Å²) in [5.74, 6) is -0.296. The number of hydrogen-bond acceptors (Lipinski definition) is 3. The van der Waals surface area contributed by atoms with Crippen LogP contribution in [0.5, 0.6) is 0 Å². The number of nitrogens with zero attached hydrogens (tertiary/aromatic N) is 4. The van der Waals surface area contributed by atoms with Crippen LogP contribution in [0, 0.1) is 13.8 Å². The number of carbonyl (C=O) groups is 1. The molecule has 0 aromatic carbocycles. The monoisotopic (exact) mass is 417 g/mol. The molecule has 0 radical (unpaired) electrons. The highest BCUT2D eigenvalue weighted by Crippen LogP contribution is 2.30. The highest BCUT2D eigenvalue weighted by atomic mass is 79.9. The van der Waals surface area contributed by atoms with Gasteiger partial charge in [0.1, 0.15) is 11.7 Å². The van der Waals surface area contributed by atoms with Gasteiger partial charge in [0.2, 0.25) is 5.91 Å². The highest BCUT2D eigenvalue weighted by molar-refractivity contribution is 9.10. The molecule has 0 bridgehead atoms. The molecule has 2 heterocycles. The molecular formula is C16H22BrF2N5O. The normalized spacial score (nSPS) is 14.0. The summed E-state index contributed by atoms with van der Waals surface area (Å²) in [4.78, 5) is 12.6. The van der Waals surface area contributed by atoms with Crippen LogP contribution in [0.3, 0.4) is 0 Å². The van der Waals surface area contributed by atoms with Crippen LogP contribution in [0.15, 0.2) is 10.7 Å². The Balaban J connectivity index is 2.17. The molecule has 1 N–H and O–H groups in total. The van der Waals surface area contributed by atoms with Crippen LogP contribution in [-0.2, 0) is 11.3 Å². The maximum absolute atomic E-state index is 13.0. The second-order valence-corrected chi connectivity index (χ2v) is 6.75. The van der Waals surface area contributed by atoms with Gasteiger partial charge in [-0.3, -0.25) is 14.2 Å². The standard InChI is InChI=1S/C16H22BrF2N5O/c1-6-23-7-12(9(3)21-23)8(2)20-16(25)11(5)24-10(4)13(17)14(22-24)15(18)19/h7-8,11,15H,6H2,1-5H3,(H,20,25)/t8-,11+/m0/s1. The molecule has 0 aliphatic rings. The summed E-state index contributed by atoms with van der Waals surface area (Å²) in [6, 6.07) is -0.961. The van der Waals surface area contributed by atoms with Gasteiger partial charge in [0.05, 0.1) is 21.9 Å². The molecule has 2 atom stereocenters. The van der Waals surface area contributed by atoms with Crippen LogP contribution in [0.4, 0.5) is 8.78 Å². The van der Waals surface area contributed by atoms with Crippen molar-refractivity contribution in [1.29, 1.82) is 0 Å². The molecule has 1 amide bonds. The largest absolute Gasteiger partial charge is 0.348 e. The van der Waals surface area contributed by atoms with Crippen molar-refractivity contribution in [2.45, 2.75) is 59.7 Å². The van der Waals surface area contributed by atoms with Crippen molar-refractivity contribution in [3.63, 3.8) is 0 Å². The summed E-state index contributed by atoms with van der Waals surface area (Å²) < 4.78 is 29.3. The van der Waals surface area contributed by atoms with Crippen LogP contribution in [0.2, 0.25) is 0 Å². The molecule has 0 saturated heterocycles. The Hall–Kier alpha value is -1.77. The van der Waals surface area contributed by atoms with E-state index >= 15 is 0 Å². The third-order valence-corrected chi connectivity index (χ3v) is 5.17. The van der Waals surface area contributed by atoms with E-state index < -0.39 is 12.5 Å². The third-order valence-electron chi connectivity index (χ3n) is 4.19. The number of amides is 1. The number of aromatic nitrogens is 4. The molecule has 2 aromatic rings. The fourth-order valence-electron chi connectivity index (χ4n) is 2.68. The Labute approximate surface area is 153 Å². The first-order chi connectivity index (χ1) is 11.7. The molecule has 6 nitrogen and oxygen atoms in total. The molecule has 0 fully saturated rings. The van der Waals surface area contributed by atoms with E-state index in [1.807, 2.05) is 27.0 Å². The lowest BCUT2D eigenvalue weighted by molar-refractivity contribution is -0.124. The van der Waals surface area contributed by atoms with Crippen LogP contribution < -0.4 is 5.32 Å². The summed E-state index contributed by atoms with van der Waals surface area (Å²) in [5, 5.41) is 11.2. The first kappa shape index (κ1) is 19.6. The van der Waals surface area contributed by atoms with E-state index in [0.717, 1.165) is 17.8 Å².